The van der Waals surface area contributed by atoms with E-state index in [2.05, 4.69) is 26.1 Å². The monoisotopic (exact) mass is 284 g/mol. The molecule has 0 aromatic heterocycles. The van der Waals surface area contributed by atoms with Gasteiger partial charge >= 0.3 is 12.0 Å². The predicted octanol–water partition coefficient (Wildman–Crippen LogP) is 2.71. The third kappa shape index (κ3) is 3.25. The fourth-order valence-corrected chi connectivity index (χ4v) is 2.66. The molecule has 0 aliphatic heterocycles. The zero-order chi connectivity index (χ0) is 15.7. The van der Waals surface area contributed by atoms with Crippen molar-refractivity contribution in [2.75, 3.05) is 7.05 Å². The van der Waals surface area contributed by atoms with Gasteiger partial charge in [-0.25, -0.2) is 4.79 Å². The first kappa shape index (κ1) is 16.8. The molecule has 0 spiro atoms. The van der Waals surface area contributed by atoms with Crippen LogP contribution >= 0.6 is 0 Å². The fourth-order valence-electron chi connectivity index (χ4n) is 2.66. The number of carboxylic acids is 1. The average Bonchev–Trinajstić information content (AvgIpc) is 2.69. The lowest BCUT2D eigenvalue weighted by molar-refractivity contribution is -0.148. The maximum absolute atomic E-state index is 12.3. The molecule has 1 aliphatic rings. The van der Waals surface area contributed by atoms with Crippen LogP contribution in [0.25, 0.3) is 0 Å². The van der Waals surface area contributed by atoms with Crippen LogP contribution in [0.5, 0.6) is 0 Å². The number of nitrogens with one attached hydrogen (secondary N) is 1. The summed E-state index contributed by atoms with van der Waals surface area (Å²) < 4.78 is 0. The van der Waals surface area contributed by atoms with E-state index in [1.165, 1.54) is 0 Å². The van der Waals surface area contributed by atoms with Gasteiger partial charge in [-0.1, -0.05) is 27.2 Å². The molecule has 5 heteroatoms. The van der Waals surface area contributed by atoms with Crippen molar-refractivity contribution in [3.63, 3.8) is 0 Å². The molecular formula is C15H28N2O3. The van der Waals surface area contributed by atoms with Gasteiger partial charge in [0.05, 0.1) is 5.41 Å². The van der Waals surface area contributed by atoms with E-state index in [4.69, 9.17) is 0 Å². The Morgan fingerprint density at radius 3 is 2.40 bits per heavy atom. The minimum Gasteiger partial charge on any atom is -0.481 e. The van der Waals surface area contributed by atoms with Gasteiger partial charge in [0.25, 0.3) is 0 Å². The number of hydrogen-bond acceptors (Lipinski definition) is 2. The summed E-state index contributed by atoms with van der Waals surface area (Å²) in [5, 5.41) is 12.3. The average molecular weight is 284 g/mol. The molecule has 5 nitrogen and oxygen atoms in total. The van der Waals surface area contributed by atoms with Crippen molar-refractivity contribution in [3.05, 3.63) is 0 Å². The Kier molecular flexibility index (Phi) is 4.72. The van der Waals surface area contributed by atoms with Crippen LogP contribution in [-0.2, 0) is 4.79 Å². The lowest BCUT2D eigenvalue weighted by Gasteiger charge is -2.37. The maximum Gasteiger partial charge on any atom is 0.317 e. The number of urea groups is 1. The van der Waals surface area contributed by atoms with E-state index in [0.717, 1.165) is 12.8 Å². The zero-order valence-electron chi connectivity index (χ0n) is 13.5. The quantitative estimate of drug-likeness (QED) is 0.837. The van der Waals surface area contributed by atoms with E-state index in [1.807, 2.05) is 6.92 Å². The summed E-state index contributed by atoms with van der Waals surface area (Å²) in [7, 11) is 1.76. The van der Waals surface area contributed by atoms with Crippen molar-refractivity contribution >= 4 is 12.0 Å². The number of nitrogens with zero attached hydrogens (tertiary/aromatic N) is 1. The van der Waals surface area contributed by atoms with Gasteiger partial charge in [0.2, 0.25) is 0 Å². The van der Waals surface area contributed by atoms with Crippen LogP contribution in [0, 0.1) is 10.8 Å². The second kappa shape index (κ2) is 5.62. The van der Waals surface area contributed by atoms with Gasteiger partial charge in [0, 0.05) is 19.1 Å². The molecule has 0 bridgehead atoms. The largest absolute Gasteiger partial charge is 0.481 e. The highest BCUT2D eigenvalue weighted by atomic mass is 16.4. The van der Waals surface area contributed by atoms with E-state index in [0.29, 0.717) is 6.42 Å². The lowest BCUT2D eigenvalue weighted by atomic mass is 9.85. The predicted molar refractivity (Wildman–Crippen MR) is 78.6 cm³/mol. The summed E-state index contributed by atoms with van der Waals surface area (Å²) in [6, 6.07) is -0.408. The van der Waals surface area contributed by atoms with Crippen molar-refractivity contribution in [1.82, 2.24) is 10.2 Å². The van der Waals surface area contributed by atoms with Crippen LogP contribution in [0.4, 0.5) is 4.79 Å². The van der Waals surface area contributed by atoms with Crippen molar-refractivity contribution in [3.8, 4) is 0 Å². The molecule has 2 N–H and O–H groups in total. The summed E-state index contributed by atoms with van der Waals surface area (Å²) in [5.74, 6) is -0.827. The highest BCUT2D eigenvalue weighted by Crippen LogP contribution is 2.38. The smallest absolute Gasteiger partial charge is 0.317 e. The first-order valence-corrected chi connectivity index (χ1v) is 7.27. The van der Waals surface area contributed by atoms with Crippen LogP contribution in [0.2, 0.25) is 0 Å². The van der Waals surface area contributed by atoms with Crippen LogP contribution in [0.1, 0.15) is 53.9 Å². The zero-order valence-corrected chi connectivity index (χ0v) is 13.5. The molecule has 3 atom stereocenters. The molecular weight excluding hydrogens is 256 g/mol. The topological polar surface area (TPSA) is 69.6 Å². The van der Waals surface area contributed by atoms with Crippen molar-refractivity contribution in [2.24, 2.45) is 10.8 Å². The van der Waals surface area contributed by atoms with Gasteiger partial charge in [-0.2, -0.15) is 0 Å². The minimum absolute atomic E-state index is 0.0160. The molecule has 116 valence electrons. The van der Waals surface area contributed by atoms with Crippen LogP contribution in [0.15, 0.2) is 0 Å². The Bertz CT molecular complexity index is 389. The number of hydrogen-bond donors (Lipinski definition) is 2. The maximum atomic E-state index is 12.3. The molecule has 3 unspecified atom stereocenters. The number of rotatable bonds is 3. The highest BCUT2D eigenvalue weighted by molar-refractivity contribution is 5.79. The van der Waals surface area contributed by atoms with Crippen molar-refractivity contribution in [1.29, 1.82) is 0 Å². The molecule has 20 heavy (non-hydrogen) atoms. The standard InChI is InChI=1S/C15H28N2O3/c1-10(14(2,3)4)17(6)13(20)16-11-8-7-9-15(11,5)12(18)19/h10-11H,7-9H2,1-6H3,(H,16,20)(H,18,19). The van der Waals surface area contributed by atoms with Gasteiger partial charge in [0.1, 0.15) is 0 Å². The van der Waals surface area contributed by atoms with Crippen LogP contribution < -0.4 is 5.32 Å². The lowest BCUT2D eigenvalue weighted by Crippen LogP contribution is -2.54. The molecule has 0 heterocycles. The number of amides is 2. The summed E-state index contributed by atoms with van der Waals surface area (Å²) >= 11 is 0. The Balaban J connectivity index is 2.74. The van der Waals surface area contributed by atoms with Gasteiger partial charge in [0.15, 0.2) is 0 Å². The molecule has 1 saturated carbocycles. The van der Waals surface area contributed by atoms with E-state index in [9.17, 15) is 14.7 Å². The number of aliphatic carboxylic acids is 1. The molecule has 1 fully saturated rings. The first-order chi connectivity index (χ1) is 9.00. The van der Waals surface area contributed by atoms with E-state index >= 15 is 0 Å². The Labute approximate surface area is 121 Å². The van der Waals surface area contributed by atoms with Crippen LogP contribution in [-0.4, -0.2) is 41.1 Å². The Hall–Kier alpha value is -1.26. The Morgan fingerprint density at radius 1 is 1.40 bits per heavy atom. The second-order valence-electron chi connectivity index (χ2n) is 7.27. The van der Waals surface area contributed by atoms with Crippen molar-refractivity contribution in [2.45, 2.75) is 66.0 Å². The van der Waals surface area contributed by atoms with Gasteiger partial charge in [-0.05, 0) is 32.1 Å². The Morgan fingerprint density at radius 2 is 1.95 bits per heavy atom. The molecule has 0 aromatic carbocycles. The molecule has 0 radical (unpaired) electrons. The van der Waals surface area contributed by atoms with E-state index in [-0.39, 0.29) is 23.5 Å². The van der Waals surface area contributed by atoms with Gasteiger partial charge in [-0.3, -0.25) is 4.79 Å². The van der Waals surface area contributed by atoms with E-state index < -0.39 is 11.4 Å². The number of carboxylic acid groups (broad SMARTS) is 1. The van der Waals surface area contributed by atoms with Gasteiger partial charge in [-0.15, -0.1) is 0 Å². The fraction of sp³-hybridized carbons (Fsp3) is 0.867. The van der Waals surface area contributed by atoms with Crippen molar-refractivity contribution < 1.29 is 14.7 Å². The highest BCUT2D eigenvalue weighted by Gasteiger charge is 2.46. The third-order valence-electron chi connectivity index (χ3n) is 4.90. The SMILES string of the molecule is CC(N(C)C(=O)NC1CCCC1(C)C(=O)O)C(C)(C)C. The molecule has 1 rings (SSSR count). The molecule has 0 saturated heterocycles. The molecule has 0 aromatic rings. The summed E-state index contributed by atoms with van der Waals surface area (Å²) in [6.45, 7) is 9.97. The van der Waals surface area contributed by atoms with Crippen LogP contribution in [0.3, 0.4) is 0 Å². The summed E-state index contributed by atoms with van der Waals surface area (Å²) in [6.07, 6.45) is 2.18. The van der Waals surface area contributed by atoms with E-state index in [1.54, 1.807) is 18.9 Å². The molecule has 2 amide bonds. The normalized spacial score (nSPS) is 28.0. The summed E-state index contributed by atoms with van der Waals surface area (Å²) in [5.41, 5.74) is -0.862. The van der Waals surface area contributed by atoms with Gasteiger partial charge < -0.3 is 15.3 Å². The summed E-state index contributed by atoms with van der Waals surface area (Å²) in [4.78, 5) is 25.4. The third-order valence-corrected chi connectivity index (χ3v) is 4.90. The number of carbonyl (C=O) groups is 2. The molecule has 1 aliphatic carbocycles. The minimum atomic E-state index is -0.846. The number of carbonyl (C=O) groups excluding carboxylic acids is 1. The second-order valence-corrected chi connectivity index (χ2v) is 7.27. The first-order valence-electron chi connectivity index (χ1n) is 7.27.